The number of hydrogen-bond acceptors (Lipinski definition) is 4. The van der Waals surface area contributed by atoms with Gasteiger partial charge in [-0.1, -0.05) is 30.3 Å². The average molecular weight is 376 g/mol. The Hall–Kier alpha value is -3.28. The van der Waals surface area contributed by atoms with E-state index in [-0.39, 0.29) is 11.9 Å². The second-order valence-corrected chi connectivity index (χ2v) is 6.92. The summed E-state index contributed by atoms with van der Waals surface area (Å²) < 4.78 is 14.8. The number of benzene rings is 2. The van der Waals surface area contributed by atoms with Crippen LogP contribution in [-0.4, -0.2) is 33.9 Å². The van der Waals surface area contributed by atoms with Crippen LogP contribution in [0.1, 0.15) is 29.6 Å². The van der Waals surface area contributed by atoms with E-state index in [4.69, 9.17) is 5.73 Å². The van der Waals surface area contributed by atoms with Crippen LogP contribution in [0, 0.1) is 5.82 Å². The van der Waals surface area contributed by atoms with E-state index in [0.29, 0.717) is 22.3 Å². The van der Waals surface area contributed by atoms with Gasteiger partial charge in [0.05, 0.1) is 0 Å². The van der Waals surface area contributed by atoms with Crippen LogP contribution in [0.25, 0.3) is 22.3 Å². The molecule has 3 aromatic rings. The number of carbonyl (C=O) groups excluding carboxylic acids is 1. The number of amides is 1. The van der Waals surface area contributed by atoms with Crippen LogP contribution in [0.2, 0.25) is 0 Å². The van der Waals surface area contributed by atoms with Crippen molar-refractivity contribution >= 4 is 11.9 Å². The maximum Gasteiger partial charge on any atom is 0.254 e. The van der Waals surface area contributed by atoms with Crippen molar-refractivity contribution in [2.45, 2.75) is 19.3 Å². The first-order valence-corrected chi connectivity index (χ1v) is 9.39. The van der Waals surface area contributed by atoms with Crippen LogP contribution in [-0.2, 0) is 0 Å². The summed E-state index contributed by atoms with van der Waals surface area (Å²) in [6, 6.07) is 12.3. The van der Waals surface area contributed by atoms with Crippen molar-refractivity contribution in [2.24, 2.45) is 0 Å². The molecule has 0 spiro atoms. The smallest absolute Gasteiger partial charge is 0.254 e. The molecule has 0 radical (unpaired) electrons. The number of carbonyl (C=O) groups is 1. The minimum Gasteiger partial charge on any atom is -0.368 e. The van der Waals surface area contributed by atoms with Gasteiger partial charge in [0.25, 0.3) is 5.91 Å². The molecule has 1 aromatic heterocycles. The Bertz CT molecular complexity index is 998. The van der Waals surface area contributed by atoms with Crippen molar-refractivity contribution in [3.8, 4) is 22.3 Å². The minimum atomic E-state index is -0.397. The summed E-state index contributed by atoms with van der Waals surface area (Å²) in [4.78, 5) is 22.7. The first kappa shape index (κ1) is 18.1. The largest absolute Gasteiger partial charge is 0.368 e. The maximum atomic E-state index is 14.8. The fraction of sp³-hybridized carbons (Fsp3) is 0.227. The van der Waals surface area contributed by atoms with Gasteiger partial charge in [-0.05, 0) is 42.5 Å². The van der Waals surface area contributed by atoms with Crippen molar-refractivity contribution in [1.82, 2.24) is 14.9 Å². The number of halogens is 1. The molecule has 4 rings (SSSR count). The third-order valence-electron chi connectivity index (χ3n) is 5.06. The zero-order chi connectivity index (χ0) is 19.5. The summed E-state index contributed by atoms with van der Waals surface area (Å²) in [6.45, 7) is 1.55. The maximum absolute atomic E-state index is 14.8. The molecule has 0 bridgehead atoms. The molecule has 28 heavy (non-hydrogen) atoms. The Morgan fingerprint density at radius 1 is 0.929 bits per heavy atom. The third kappa shape index (κ3) is 3.58. The van der Waals surface area contributed by atoms with Gasteiger partial charge in [-0.3, -0.25) is 4.79 Å². The highest BCUT2D eigenvalue weighted by Crippen LogP contribution is 2.30. The van der Waals surface area contributed by atoms with Crippen molar-refractivity contribution in [3.05, 3.63) is 66.2 Å². The highest BCUT2D eigenvalue weighted by Gasteiger charge is 2.21. The van der Waals surface area contributed by atoms with Crippen LogP contribution >= 0.6 is 0 Å². The van der Waals surface area contributed by atoms with Crippen LogP contribution in [0.15, 0.2) is 54.9 Å². The lowest BCUT2D eigenvalue weighted by Gasteiger charge is -2.27. The van der Waals surface area contributed by atoms with Gasteiger partial charge in [-0.2, -0.15) is 0 Å². The molecule has 1 saturated heterocycles. The number of rotatable bonds is 3. The zero-order valence-corrected chi connectivity index (χ0v) is 15.4. The monoisotopic (exact) mass is 376 g/mol. The summed E-state index contributed by atoms with van der Waals surface area (Å²) in [5.74, 6) is -0.247. The first-order chi connectivity index (χ1) is 13.6. The number of anilines is 1. The highest BCUT2D eigenvalue weighted by atomic mass is 19.1. The lowest BCUT2D eigenvalue weighted by Crippen LogP contribution is -2.35. The summed E-state index contributed by atoms with van der Waals surface area (Å²) in [5.41, 5.74) is 8.44. The van der Waals surface area contributed by atoms with Crippen LogP contribution in [0.3, 0.4) is 0 Å². The molecule has 5 nitrogen and oxygen atoms in total. The number of nitrogen functional groups attached to an aromatic ring is 1. The molecular formula is C22H21FN4O. The molecule has 0 aliphatic carbocycles. The lowest BCUT2D eigenvalue weighted by molar-refractivity contribution is 0.0725. The van der Waals surface area contributed by atoms with E-state index in [1.54, 1.807) is 6.07 Å². The van der Waals surface area contributed by atoms with Gasteiger partial charge >= 0.3 is 0 Å². The van der Waals surface area contributed by atoms with E-state index >= 15 is 0 Å². The topological polar surface area (TPSA) is 72.1 Å². The fourth-order valence-corrected chi connectivity index (χ4v) is 3.58. The second kappa shape index (κ2) is 7.76. The summed E-state index contributed by atoms with van der Waals surface area (Å²) in [7, 11) is 0. The van der Waals surface area contributed by atoms with E-state index in [1.807, 2.05) is 35.2 Å². The molecule has 1 aliphatic heterocycles. The molecule has 2 aromatic carbocycles. The molecule has 2 heterocycles. The molecule has 142 valence electrons. The van der Waals surface area contributed by atoms with Gasteiger partial charge in [0.1, 0.15) is 5.82 Å². The van der Waals surface area contributed by atoms with E-state index in [9.17, 15) is 9.18 Å². The van der Waals surface area contributed by atoms with E-state index in [1.165, 1.54) is 18.5 Å². The average Bonchev–Trinajstić information content (AvgIpc) is 2.74. The van der Waals surface area contributed by atoms with Crippen molar-refractivity contribution < 1.29 is 9.18 Å². The van der Waals surface area contributed by atoms with Gasteiger partial charge in [0.15, 0.2) is 0 Å². The van der Waals surface area contributed by atoms with Crippen molar-refractivity contribution in [3.63, 3.8) is 0 Å². The van der Waals surface area contributed by atoms with E-state index < -0.39 is 5.82 Å². The number of nitrogens with zero attached hydrogens (tertiary/aromatic N) is 3. The van der Waals surface area contributed by atoms with Crippen LogP contribution < -0.4 is 5.73 Å². The Morgan fingerprint density at radius 3 is 2.36 bits per heavy atom. The van der Waals surface area contributed by atoms with Gasteiger partial charge < -0.3 is 10.6 Å². The quantitative estimate of drug-likeness (QED) is 0.745. The van der Waals surface area contributed by atoms with Crippen molar-refractivity contribution in [1.29, 1.82) is 0 Å². The number of nitrogens with two attached hydrogens (primary N) is 1. The SMILES string of the molecule is Nc1ncc(-c2ccc(-c3ccccc3C(=O)N3CCCCC3)cc2F)cn1. The second-order valence-electron chi connectivity index (χ2n) is 6.92. The molecule has 1 fully saturated rings. The molecule has 1 aliphatic rings. The van der Waals surface area contributed by atoms with Crippen molar-refractivity contribution in [2.75, 3.05) is 18.8 Å². The fourth-order valence-electron chi connectivity index (χ4n) is 3.58. The molecule has 0 saturated carbocycles. The van der Waals surface area contributed by atoms with E-state index in [0.717, 1.165) is 37.9 Å². The molecular weight excluding hydrogens is 355 g/mol. The minimum absolute atomic E-state index is 0.00622. The van der Waals surface area contributed by atoms with Crippen LogP contribution in [0.5, 0.6) is 0 Å². The Kier molecular flexibility index (Phi) is 5.02. The first-order valence-electron chi connectivity index (χ1n) is 9.39. The molecule has 0 atom stereocenters. The normalized spacial score (nSPS) is 14.1. The predicted molar refractivity (Wildman–Crippen MR) is 107 cm³/mol. The molecule has 1 amide bonds. The molecule has 0 unspecified atom stereocenters. The highest BCUT2D eigenvalue weighted by molar-refractivity contribution is 6.01. The Balaban J connectivity index is 1.69. The van der Waals surface area contributed by atoms with Crippen LogP contribution in [0.4, 0.5) is 10.3 Å². The van der Waals surface area contributed by atoms with Gasteiger partial charge in [-0.15, -0.1) is 0 Å². The number of piperidine rings is 1. The Labute approximate surface area is 163 Å². The number of likely N-dealkylation sites (tertiary alicyclic amines) is 1. The summed E-state index contributed by atoms with van der Waals surface area (Å²) in [5, 5.41) is 0. The number of hydrogen-bond donors (Lipinski definition) is 1. The zero-order valence-electron chi connectivity index (χ0n) is 15.4. The summed E-state index contributed by atoms with van der Waals surface area (Å²) in [6.07, 6.45) is 6.21. The third-order valence-corrected chi connectivity index (χ3v) is 5.06. The standard InChI is InChI=1S/C22H21FN4O/c23-20-12-15(8-9-18(20)16-13-25-22(24)26-14-16)17-6-2-3-7-19(17)21(28)27-10-4-1-5-11-27/h2-3,6-9,12-14H,1,4-5,10-11H2,(H2,24,25,26). The van der Waals surface area contributed by atoms with E-state index in [2.05, 4.69) is 9.97 Å². The predicted octanol–water partition coefficient (Wildman–Crippen LogP) is 4.16. The summed E-state index contributed by atoms with van der Waals surface area (Å²) >= 11 is 0. The lowest BCUT2D eigenvalue weighted by atomic mass is 9.96. The molecule has 6 heteroatoms. The van der Waals surface area contributed by atoms with Gasteiger partial charge in [0, 0.05) is 42.2 Å². The molecule has 2 N–H and O–H groups in total. The van der Waals surface area contributed by atoms with Gasteiger partial charge in [-0.25, -0.2) is 14.4 Å². The Morgan fingerprint density at radius 2 is 1.64 bits per heavy atom. The van der Waals surface area contributed by atoms with Gasteiger partial charge in [0.2, 0.25) is 5.95 Å². The number of aromatic nitrogens is 2.